The number of esters is 2. The highest BCUT2D eigenvalue weighted by molar-refractivity contribution is 5.95. The number of likely N-dealkylation sites (N-methyl/N-ethyl adjacent to an activating group) is 12. The van der Waals surface area contributed by atoms with Crippen molar-refractivity contribution in [3.05, 3.63) is 72.9 Å². The van der Waals surface area contributed by atoms with E-state index in [4.69, 9.17) is 9.47 Å². The van der Waals surface area contributed by atoms with Gasteiger partial charge in [0.25, 0.3) is 0 Å². The van der Waals surface area contributed by atoms with Gasteiger partial charge in [0.2, 0.25) is 29.5 Å². The lowest BCUT2D eigenvalue weighted by atomic mass is 9.67. The summed E-state index contributed by atoms with van der Waals surface area (Å²) in [7, 11) is 22.6. The zero-order valence-corrected chi connectivity index (χ0v) is 94.0. The number of amides is 5. The molecular formula is C111H209N17O12. The molecule has 0 bridgehead atoms. The second-order valence-corrected chi connectivity index (χ2v) is 41.4. The molecule has 0 aromatic heterocycles. The van der Waals surface area contributed by atoms with Crippen molar-refractivity contribution in [1.29, 1.82) is 0 Å². The molecule has 0 saturated carbocycles. The van der Waals surface area contributed by atoms with E-state index in [2.05, 4.69) is 179 Å². The summed E-state index contributed by atoms with van der Waals surface area (Å²) < 4.78 is 11.7. The van der Waals surface area contributed by atoms with Gasteiger partial charge in [-0.15, -0.1) is 0 Å². The molecule has 4 unspecified atom stereocenters. The van der Waals surface area contributed by atoms with Gasteiger partial charge in [0, 0.05) is 297 Å². The first-order chi connectivity index (χ1) is 66.5. The summed E-state index contributed by atoms with van der Waals surface area (Å²) >= 11 is 0. The SMILES string of the molecule is CC/C=C\CCN(CC/C=C\CC)CCN(CC/C=C\CC)CCOC(=O)CCN(C)CCN(C)CCN(C)C(=O)CC(CC(C)(C)C(=O)CC(C)C(=O)N(C)CCN(C)CCN(C)CCC(=O)OCCN(CC/C=C\CC)CCN(CC/C=C\CC)CC/C=C\CC)C(=O)C(C)(C)CC(CC(=O)C(C)(C)CC(CC(=O)N(C)CCN(C)CCNC)C(=O)NCCCC)C(=O)N(C)CCN(C)CCNC. The molecule has 0 aromatic rings. The van der Waals surface area contributed by atoms with Crippen LogP contribution in [0.3, 0.4) is 0 Å². The highest BCUT2D eigenvalue weighted by Gasteiger charge is 2.45. The fraction of sp³-hybridized carbons (Fsp3) is 0.802. The molecule has 0 rings (SSSR count). The highest BCUT2D eigenvalue weighted by atomic mass is 16.5. The number of ketones is 3. The molecule has 0 aliphatic carbocycles. The molecule has 5 amide bonds. The van der Waals surface area contributed by atoms with E-state index in [1.165, 1.54) is 0 Å². The predicted octanol–water partition coefficient (Wildman–Crippen LogP) is 13.0. The summed E-state index contributed by atoms with van der Waals surface area (Å²) in [5.74, 6) is -6.45. The molecule has 0 fully saturated rings. The van der Waals surface area contributed by atoms with Crippen molar-refractivity contribution in [3.8, 4) is 0 Å². The number of hydrogen-bond donors (Lipinski definition) is 3. The summed E-state index contributed by atoms with van der Waals surface area (Å²) in [5, 5.41) is 9.37. The van der Waals surface area contributed by atoms with Gasteiger partial charge in [0.05, 0.1) is 12.8 Å². The van der Waals surface area contributed by atoms with Gasteiger partial charge in [-0.05, 0) is 159 Å². The van der Waals surface area contributed by atoms with Crippen molar-refractivity contribution in [2.24, 2.45) is 39.9 Å². The third-order valence-corrected chi connectivity index (χ3v) is 26.9. The van der Waals surface area contributed by atoms with Crippen LogP contribution in [0.5, 0.6) is 0 Å². The molecule has 4 atom stereocenters. The first-order valence-electron chi connectivity index (χ1n) is 53.9. The van der Waals surface area contributed by atoms with Crippen LogP contribution in [0.15, 0.2) is 72.9 Å². The van der Waals surface area contributed by atoms with Crippen LogP contribution in [0.2, 0.25) is 0 Å². The van der Waals surface area contributed by atoms with Gasteiger partial charge >= 0.3 is 11.9 Å². The van der Waals surface area contributed by atoms with Gasteiger partial charge < -0.3 is 84.2 Å². The minimum Gasteiger partial charge on any atom is -0.464 e. The molecular weight excluding hydrogens is 1760 g/mol. The van der Waals surface area contributed by atoms with E-state index in [-0.39, 0.29) is 117 Å². The van der Waals surface area contributed by atoms with Crippen LogP contribution >= 0.6 is 0 Å². The number of nitrogens with one attached hydrogen (secondary N) is 3. The van der Waals surface area contributed by atoms with E-state index < -0.39 is 39.9 Å². The van der Waals surface area contributed by atoms with E-state index in [0.29, 0.717) is 124 Å². The lowest BCUT2D eigenvalue weighted by Gasteiger charge is -2.37. The highest BCUT2D eigenvalue weighted by Crippen LogP contribution is 2.41. The predicted molar refractivity (Wildman–Crippen MR) is 581 cm³/mol. The van der Waals surface area contributed by atoms with E-state index in [0.717, 1.165) is 182 Å². The Bertz CT molecular complexity index is 3500. The van der Waals surface area contributed by atoms with Crippen LogP contribution in [0.1, 0.15) is 245 Å². The average Bonchev–Trinajstić information content (AvgIpc) is 0.798. The van der Waals surface area contributed by atoms with Crippen molar-refractivity contribution in [2.75, 3.05) is 301 Å². The number of carbonyl (C=O) groups is 10. The molecule has 3 N–H and O–H groups in total. The van der Waals surface area contributed by atoms with Crippen molar-refractivity contribution in [2.45, 2.75) is 245 Å². The number of Topliss-reactive ketones (excluding diaryl/α,β-unsaturated/α-hetero) is 3. The second kappa shape index (κ2) is 80.5. The molecule has 29 nitrogen and oxygen atoms in total. The molecule has 0 heterocycles. The second-order valence-electron chi connectivity index (χ2n) is 41.4. The zero-order valence-electron chi connectivity index (χ0n) is 94.0. The first-order valence-corrected chi connectivity index (χ1v) is 53.9. The third-order valence-electron chi connectivity index (χ3n) is 26.9. The number of allylic oxidation sites excluding steroid dienone is 6. The normalized spacial score (nSPS) is 13.5. The molecule has 810 valence electrons. The van der Waals surface area contributed by atoms with E-state index in [1.807, 2.05) is 63.3 Å². The average molecular weight is 1970 g/mol. The number of carbonyl (C=O) groups excluding carboxylic acids is 10. The van der Waals surface area contributed by atoms with Gasteiger partial charge in [-0.25, -0.2) is 0 Å². The number of nitrogens with zero attached hydrogens (tertiary/aromatic N) is 14. The third kappa shape index (κ3) is 64.9. The van der Waals surface area contributed by atoms with Crippen LogP contribution in [0.4, 0.5) is 0 Å². The molecule has 0 aromatic carbocycles. The van der Waals surface area contributed by atoms with Crippen molar-refractivity contribution >= 4 is 58.8 Å². The van der Waals surface area contributed by atoms with E-state index in [9.17, 15) is 24.0 Å². The molecule has 0 saturated heterocycles. The van der Waals surface area contributed by atoms with Gasteiger partial charge in [0.1, 0.15) is 30.6 Å². The Balaban J connectivity index is 7.09. The fourth-order valence-corrected chi connectivity index (χ4v) is 16.7. The first kappa shape index (κ1) is 133. The maximum Gasteiger partial charge on any atom is 0.307 e. The number of hydrogen-bond acceptors (Lipinski definition) is 24. The standard InChI is InChI=1S/C111H209N17O12/c1-27-34-41-47-58-125(59-48-42-35-28-2)80-82-127(62-51-45-38-31-5)84-86-139-103(133)53-64-115(17)68-70-119(21)73-77-121(23)101(131)90-96(105(135)111(13,14)94-98(108(138)124(26)79-74-118(20)67-57-113-16)89-100(130)110(11,12)93-97(106(136)114-55-40-33-7)91-102(132)122(24)76-72-117(19)66-56-112-15)92-109(9,10)99(129)88-95(8)107(137)123(25)78-75-120(22)71-69-116(18)65-54-104(134)140-87-85-128(63-52-46-39-32-6)83-81-126(60-49-43-36-29-3)61-50-44-37-30-4/h34-39,41-46,95-98,112-113H,27-33,40,47-94H2,1-26H3,(H,114,136)/b41-34-,42-35-,43-36-,44-37-,45-38-,46-39-. The van der Waals surface area contributed by atoms with Gasteiger partial charge in [-0.3, -0.25) is 57.7 Å². The number of unbranched alkanes of at least 4 members (excludes halogenated alkanes) is 1. The summed E-state index contributed by atoms with van der Waals surface area (Å²) in [6.45, 7) is 49.5. The topological polar surface area (TPSA) is 271 Å². The Morgan fingerprint density at radius 2 is 0.593 bits per heavy atom. The molecule has 140 heavy (non-hydrogen) atoms. The van der Waals surface area contributed by atoms with Gasteiger partial charge in [0.15, 0.2) is 0 Å². The lowest BCUT2D eigenvalue weighted by molar-refractivity contribution is -0.145. The summed E-state index contributed by atoms with van der Waals surface area (Å²) in [6, 6.07) is 0. The van der Waals surface area contributed by atoms with Crippen molar-refractivity contribution < 1.29 is 57.4 Å². The maximum absolute atomic E-state index is 16.1. The van der Waals surface area contributed by atoms with Crippen LogP contribution < -0.4 is 16.0 Å². The van der Waals surface area contributed by atoms with E-state index >= 15 is 24.0 Å². The van der Waals surface area contributed by atoms with Crippen molar-refractivity contribution in [3.63, 3.8) is 0 Å². The van der Waals surface area contributed by atoms with Crippen molar-refractivity contribution in [1.82, 2.24) is 84.5 Å². The Labute approximate surface area is 854 Å². The van der Waals surface area contributed by atoms with E-state index in [1.54, 1.807) is 96.3 Å². The molecule has 0 aliphatic rings. The Morgan fingerprint density at radius 1 is 0.300 bits per heavy atom. The number of ether oxygens (including phenoxy) is 2. The Morgan fingerprint density at radius 3 is 0.936 bits per heavy atom. The van der Waals surface area contributed by atoms with Crippen LogP contribution in [-0.4, -0.2) is 428 Å². The quantitative estimate of drug-likeness (QED) is 0.0290. The summed E-state index contributed by atoms with van der Waals surface area (Å²) in [5.41, 5.74) is -3.83. The Hall–Kier alpha value is -6.74. The smallest absolute Gasteiger partial charge is 0.307 e. The Kier molecular flexibility index (Phi) is 76.6. The zero-order chi connectivity index (χ0) is 105. The largest absolute Gasteiger partial charge is 0.464 e. The maximum atomic E-state index is 16.1. The summed E-state index contributed by atoms with van der Waals surface area (Å²) in [6.07, 6.45) is 40.2. The number of rotatable bonds is 90. The van der Waals surface area contributed by atoms with Crippen LogP contribution in [0.25, 0.3) is 0 Å². The minimum absolute atomic E-state index is 0.0218. The molecule has 29 heteroatoms. The van der Waals surface area contributed by atoms with Crippen LogP contribution in [-0.2, 0) is 57.4 Å². The van der Waals surface area contributed by atoms with Crippen LogP contribution in [0, 0.1) is 39.9 Å². The fourth-order valence-electron chi connectivity index (χ4n) is 16.7. The summed E-state index contributed by atoms with van der Waals surface area (Å²) in [4.78, 5) is 175. The van der Waals surface area contributed by atoms with Gasteiger partial charge in [-0.1, -0.05) is 176 Å². The molecule has 0 aliphatic heterocycles. The van der Waals surface area contributed by atoms with Gasteiger partial charge in [-0.2, -0.15) is 0 Å². The monoisotopic (exact) mass is 1970 g/mol. The lowest BCUT2D eigenvalue weighted by Crippen LogP contribution is -2.45. The molecule has 0 spiro atoms. The molecule has 0 radical (unpaired) electrons. The minimum atomic E-state index is -1.37.